The van der Waals surface area contributed by atoms with Gasteiger partial charge in [0, 0.05) is 11.3 Å². The van der Waals surface area contributed by atoms with Gasteiger partial charge in [-0.25, -0.2) is 0 Å². The summed E-state index contributed by atoms with van der Waals surface area (Å²) in [4.78, 5) is 1.34. The van der Waals surface area contributed by atoms with Crippen molar-refractivity contribution in [2.24, 2.45) is 11.3 Å². The quantitative estimate of drug-likeness (QED) is 0.711. The Morgan fingerprint density at radius 1 is 1.44 bits per heavy atom. The molecule has 1 aliphatic carbocycles. The lowest BCUT2D eigenvalue weighted by atomic mass is 9.68. The van der Waals surface area contributed by atoms with Crippen LogP contribution < -0.4 is 0 Å². The minimum Gasteiger partial charge on any atom is -0.198 e. The Labute approximate surface area is 122 Å². The molecule has 1 fully saturated rings. The first kappa shape index (κ1) is 14.1. The van der Waals surface area contributed by atoms with Gasteiger partial charge in [-0.15, -0.1) is 11.3 Å². The van der Waals surface area contributed by atoms with Crippen LogP contribution >= 0.6 is 27.3 Å². The summed E-state index contributed by atoms with van der Waals surface area (Å²) in [6.07, 6.45) is 8.22. The van der Waals surface area contributed by atoms with E-state index >= 15 is 0 Å². The van der Waals surface area contributed by atoms with Crippen LogP contribution in [0.3, 0.4) is 0 Å². The van der Waals surface area contributed by atoms with Crippen molar-refractivity contribution in [3.63, 3.8) is 0 Å². The second kappa shape index (κ2) is 6.21. The van der Waals surface area contributed by atoms with E-state index in [1.165, 1.54) is 34.3 Å². The van der Waals surface area contributed by atoms with E-state index in [2.05, 4.69) is 41.1 Å². The monoisotopic (exact) mass is 325 g/mol. The second-order valence-corrected chi connectivity index (χ2v) is 8.05. The van der Waals surface area contributed by atoms with Crippen LogP contribution in [0.4, 0.5) is 0 Å². The molecule has 0 unspecified atom stereocenters. The van der Waals surface area contributed by atoms with Gasteiger partial charge in [-0.05, 0) is 59.7 Å². The van der Waals surface area contributed by atoms with Crippen molar-refractivity contribution in [3.05, 3.63) is 20.8 Å². The van der Waals surface area contributed by atoms with Gasteiger partial charge in [0.2, 0.25) is 0 Å². The fourth-order valence-corrected chi connectivity index (χ4v) is 4.66. The average Bonchev–Trinajstić information content (AvgIpc) is 2.78. The molecule has 1 aromatic heterocycles. The maximum Gasteiger partial charge on any atom is 0.0701 e. The van der Waals surface area contributed by atoms with Gasteiger partial charge in [-0.2, -0.15) is 5.26 Å². The van der Waals surface area contributed by atoms with Crippen LogP contribution in [0.2, 0.25) is 0 Å². The molecule has 0 atom stereocenters. The van der Waals surface area contributed by atoms with Crippen molar-refractivity contribution < 1.29 is 0 Å². The van der Waals surface area contributed by atoms with E-state index in [-0.39, 0.29) is 5.41 Å². The van der Waals surface area contributed by atoms with Crippen LogP contribution in [-0.2, 0) is 6.42 Å². The van der Waals surface area contributed by atoms with Gasteiger partial charge >= 0.3 is 0 Å². The second-order valence-electron chi connectivity index (χ2n) is 5.51. The van der Waals surface area contributed by atoms with Gasteiger partial charge in [-0.1, -0.05) is 19.8 Å². The highest BCUT2D eigenvalue weighted by Gasteiger charge is 2.35. The van der Waals surface area contributed by atoms with Gasteiger partial charge < -0.3 is 0 Å². The maximum atomic E-state index is 9.57. The third-order valence-corrected chi connectivity index (χ3v) is 5.76. The van der Waals surface area contributed by atoms with E-state index < -0.39 is 0 Å². The van der Waals surface area contributed by atoms with Gasteiger partial charge in [0.1, 0.15) is 0 Å². The molecular formula is C15H20BrNS. The van der Waals surface area contributed by atoms with Crippen LogP contribution in [-0.4, -0.2) is 0 Å². The summed E-state index contributed by atoms with van der Waals surface area (Å²) in [6, 6.07) is 6.88. The predicted octanol–water partition coefficient (Wildman–Crippen LogP) is 5.55. The first-order valence-electron chi connectivity index (χ1n) is 6.83. The van der Waals surface area contributed by atoms with Gasteiger partial charge in [-0.3, -0.25) is 0 Å². The standard InChI is InChI=1S/C15H20BrNS/c1-2-3-12-6-8-15(11-17,9-7-12)10-13-4-5-14(16)18-13/h4-5,12H,2-3,6-10H2,1H3. The minimum atomic E-state index is -0.0888. The number of nitrogens with zero attached hydrogens (tertiary/aromatic N) is 1. The number of rotatable bonds is 4. The summed E-state index contributed by atoms with van der Waals surface area (Å²) in [6.45, 7) is 2.26. The lowest BCUT2D eigenvalue weighted by Crippen LogP contribution is -2.28. The number of hydrogen-bond donors (Lipinski definition) is 0. The van der Waals surface area contributed by atoms with Crippen LogP contribution in [0, 0.1) is 22.7 Å². The molecule has 0 N–H and O–H groups in total. The zero-order valence-electron chi connectivity index (χ0n) is 10.9. The lowest BCUT2D eigenvalue weighted by molar-refractivity contribution is 0.201. The molecule has 0 aliphatic heterocycles. The molecule has 1 aliphatic rings. The zero-order valence-corrected chi connectivity index (χ0v) is 13.3. The van der Waals surface area contributed by atoms with Crippen molar-refractivity contribution in [3.8, 4) is 6.07 Å². The van der Waals surface area contributed by atoms with Crippen LogP contribution in [0.25, 0.3) is 0 Å². The first-order valence-corrected chi connectivity index (χ1v) is 8.44. The Bertz CT molecular complexity index is 424. The molecule has 0 aromatic carbocycles. The summed E-state index contributed by atoms with van der Waals surface area (Å²) in [5.41, 5.74) is -0.0888. The Morgan fingerprint density at radius 2 is 2.17 bits per heavy atom. The summed E-state index contributed by atoms with van der Waals surface area (Å²) < 4.78 is 1.17. The third kappa shape index (κ3) is 3.36. The van der Waals surface area contributed by atoms with E-state index in [0.29, 0.717) is 0 Å². The van der Waals surface area contributed by atoms with Crippen LogP contribution in [0.5, 0.6) is 0 Å². The molecule has 1 nitrogen and oxygen atoms in total. The van der Waals surface area contributed by atoms with Gasteiger partial charge in [0.25, 0.3) is 0 Å². The van der Waals surface area contributed by atoms with Crippen molar-refractivity contribution in [1.82, 2.24) is 0 Å². The Morgan fingerprint density at radius 3 is 2.67 bits per heavy atom. The molecule has 0 radical (unpaired) electrons. The van der Waals surface area contributed by atoms with E-state index in [4.69, 9.17) is 0 Å². The van der Waals surface area contributed by atoms with Crippen molar-refractivity contribution in [2.75, 3.05) is 0 Å². The van der Waals surface area contributed by atoms with Crippen molar-refractivity contribution in [1.29, 1.82) is 5.26 Å². The molecule has 1 heterocycles. The highest BCUT2D eigenvalue weighted by atomic mass is 79.9. The van der Waals surface area contributed by atoms with E-state index in [9.17, 15) is 5.26 Å². The molecule has 2 rings (SSSR count). The summed E-state index contributed by atoms with van der Waals surface area (Å²) in [7, 11) is 0. The van der Waals surface area contributed by atoms with Gasteiger partial charge in [0.05, 0.1) is 15.3 Å². The molecule has 3 heteroatoms. The van der Waals surface area contributed by atoms with Crippen molar-refractivity contribution >= 4 is 27.3 Å². The molecule has 18 heavy (non-hydrogen) atoms. The molecular weight excluding hydrogens is 306 g/mol. The zero-order chi connectivity index (χ0) is 13.0. The molecule has 1 aromatic rings. The number of nitriles is 1. The normalized spacial score (nSPS) is 27.9. The van der Waals surface area contributed by atoms with E-state index in [1.807, 2.05) is 0 Å². The molecule has 98 valence electrons. The Balaban J connectivity index is 1.99. The van der Waals surface area contributed by atoms with Crippen LogP contribution in [0.15, 0.2) is 15.9 Å². The van der Waals surface area contributed by atoms with E-state index in [0.717, 1.165) is 25.2 Å². The fraction of sp³-hybridized carbons (Fsp3) is 0.667. The summed E-state index contributed by atoms with van der Waals surface area (Å²) >= 11 is 5.27. The minimum absolute atomic E-state index is 0.0888. The molecule has 0 spiro atoms. The van der Waals surface area contributed by atoms with E-state index in [1.54, 1.807) is 11.3 Å². The largest absolute Gasteiger partial charge is 0.198 e. The highest BCUT2D eigenvalue weighted by Crippen LogP contribution is 2.43. The lowest BCUT2D eigenvalue weighted by Gasteiger charge is -2.34. The fourth-order valence-electron chi connectivity index (χ4n) is 3.04. The predicted molar refractivity (Wildman–Crippen MR) is 80.6 cm³/mol. The third-order valence-electron chi connectivity index (χ3n) is 4.14. The topological polar surface area (TPSA) is 23.8 Å². The Kier molecular flexibility index (Phi) is 4.86. The molecule has 0 saturated heterocycles. The van der Waals surface area contributed by atoms with Gasteiger partial charge in [0.15, 0.2) is 0 Å². The maximum absolute atomic E-state index is 9.57. The highest BCUT2D eigenvalue weighted by molar-refractivity contribution is 9.11. The number of thiophene rings is 1. The Hall–Kier alpha value is -0.330. The summed E-state index contributed by atoms with van der Waals surface area (Å²) in [5.74, 6) is 0.867. The average molecular weight is 326 g/mol. The molecule has 0 amide bonds. The SMILES string of the molecule is CCCC1CCC(C#N)(Cc2ccc(Br)s2)CC1. The number of hydrogen-bond acceptors (Lipinski definition) is 2. The summed E-state index contributed by atoms with van der Waals surface area (Å²) in [5, 5.41) is 9.57. The molecule has 0 bridgehead atoms. The van der Waals surface area contributed by atoms with Crippen LogP contribution in [0.1, 0.15) is 50.3 Å². The number of halogens is 1. The van der Waals surface area contributed by atoms with Crippen molar-refractivity contribution in [2.45, 2.75) is 51.9 Å². The smallest absolute Gasteiger partial charge is 0.0701 e. The molecule has 1 saturated carbocycles. The first-order chi connectivity index (χ1) is 8.67.